The van der Waals surface area contributed by atoms with E-state index in [4.69, 9.17) is 23.8 Å². The summed E-state index contributed by atoms with van der Waals surface area (Å²) in [6, 6.07) is 8.75. The fourth-order valence-corrected chi connectivity index (χ4v) is 2.06. The molecule has 2 N–H and O–H groups in total. The third-order valence-electron chi connectivity index (χ3n) is 2.53. The highest BCUT2D eigenvalue weighted by Crippen LogP contribution is 2.25. The third kappa shape index (κ3) is 5.57. The van der Waals surface area contributed by atoms with Gasteiger partial charge in [0.2, 0.25) is 0 Å². The number of hydrogen-bond acceptors (Lipinski definition) is 2. The lowest BCUT2D eigenvalue weighted by atomic mass is 10.3. The number of hydrogen-bond donors (Lipinski definition) is 2. The van der Waals surface area contributed by atoms with Crippen LogP contribution in [0.2, 0.25) is 5.02 Å². The third-order valence-corrected chi connectivity index (χ3v) is 3.04. The number of ether oxygens (including phenoxy) is 1. The highest BCUT2D eigenvalue weighted by Gasteiger charge is 2.30. The summed E-state index contributed by atoms with van der Waals surface area (Å²) < 4.78 is 52.8. The monoisotopic (exact) mass is 364 g/mol. The van der Waals surface area contributed by atoms with Crippen molar-refractivity contribution in [2.24, 2.45) is 0 Å². The minimum absolute atomic E-state index is 0.142. The maximum Gasteiger partial charge on any atom is 0.573 e. The van der Waals surface area contributed by atoms with Crippen molar-refractivity contribution < 1.29 is 22.3 Å². The van der Waals surface area contributed by atoms with E-state index >= 15 is 0 Å². The van der Waals surface area contributed by atoms with Crippen LogP contribution in [0.1, 0.15) is 0 Å². The number of thiocarbonyl (C=S) groups is 1. The first-order valence-electron chi connectivity index (χ1n) is 6.12. The van der Waals surface area contributed by atoms with Gasteiger partial charge in [-0.2, -0.15) is 0 Å². The Bertz CT molecular complexity index is 707. The Morgan fingerprint density at radius 3 is 2.26 bits per heavy atom. The van der Waals surface area contributed by atoms with Crippen LogP contribution in [-0.4, -0.2) is 11.5 Å². The van der Waals surface area contributed by atoms with Crippen molar-refractivity contribution in [1.29, 1.82) is 0 Å². The number of halogens is 5. The molecule has 0 amide bonds. The Hall–Kier alpha value is -2.06. The molecule has 9 heteroatoms. The second kappa shape index (κ2) is 7.01. The van der Waals surface area contributed by atoms with E-state index in [0.29, 0.717) is 11.4 Å². The smallest absolute Gasteiger partial charge is 0.406 e. The van der Waals surface area contributed by atoms with E-state index < -0.39 is 12.2 Å². The van der Waals surface area contributed by atoms with E-state index in [9.17, 15) is 17.6 Å². The largest absolute Gasteiger partial charge is 0.573 e. The number of alkyl halides is 3. The van der Waals surface area contributed by atoms with E-state index in [0.717, 1.165) is 18.2 Å². The van der Waals surface area contributed by atoms with Gasteiger partial charge in [0.15, 0.2) is 5.11 Å². The molecule has 0 aliphatic heterocycles. The van der Waals surface area contributed by atoms with Crippen LogP contribution in [0.4, 0.5) is 28.9 Å². The van der Waals surface area contributed by atoms with Crippen LogP contribution in [0.25, 0.3) is 0 Å². The normalized spacial score (nSPS) is 11.0. The molecule has 0 aromatic heterocycles. The van der Waals surface area contributed by atoms with Crippen LogP contribution in [0, 0.1) is 5.82 Å². The molecule has 0 heterocycles. The van der Waals surface area contributed by atoms with Gasteiger partial charge in [-0.1, -0.05) is 11.6 Å². The topological polar surface area (TPSA) is 33.3 Å². The average Bonchev–Trinajstić information content (AvgIpc) is 2.42. The van der Waals surface area contributed by atoms with Gasteiger partial charge in [0.25, 0.3) is 0 Å². The molecule has 3 nitrogen and oxygen atoms in total. The average molecular weight is 365 g/mol. The first-order valence-corrected chi connectivity index (χ1v) is 6.90. The van der Waals surface area contributed by atoms with Gasteiger partial charge >= 0.3 is 6.36 Å². The highest BCUT2D eigenvalue weighted by atomic mass is 35.5. The number of nitrogens with one attached hydrogen (secondary N) is 2. The molecule has 122 valence electrons. The van der Waals surface area contributed by atoms with Crippen LogP contribution in [0.15, 0.2) is 42.5 Å². The van der Waals surface area contributed by atoms with Crippen LogP contribution in [0.5, 0.6) is 5.75 Å². The summed E-state index contributed by atoms with van der Waals surface area (Å²) in [5.74, 6) is -0.830. The molecule has 0 aliphatic rings. The SMILES string of the molecule is Fc1ccc(NC(=S)Nc2ccc(OC(F)(F)F)cc2)c(Cl)c1. The Kier molecular flexibility index (Phi) is 5.27. The molecule has 2 aromatic carbocycles. The van der Waals surface area contributed by atoms with E-state index in [1.165, 1.54) is 24.3 Å². The Morgan fingerprint density at radius 2 is 1.70 bits per heavy atom. The molecule has 0 fully saturated rings. The lowest BCUT2D eigenvalue weighted by molar-refractivity contribution is -0.274. The predicted molar refractivity (Wildman–Crippen MR) is 84.4 cm³/mol. The maximum atomic E-state index is 12.9. The van der Waals surface area contributed by atoms with Gasteiger partial charge in [-0.05, 0) is 54.7 Å². The first kappa shape index (κ1) is 17.3. The van der Waals surface area contributed by atoms with Crippen molar-refractivity contribution in [2.75, 3.05) is 10.6 Å². The van der Waals surface area contributed by atoms with E-state index in [2.05, 4.69) is 15.4 Å². The van der Waals surface area contributed by atoms with Crippen molar-refractivity contribution in [1.82, 2.24) is 0 Å². The zero-order valence-corrected chi connectivity index (χ0v) is 12.8. The molecular weight excluding hydrogens is 356 g/mol. The van der Waals surface area contributed by atoms with Crippen LogP contribution in [-0.2, 0) is 0 Å². The molecule has 0 saturated carbocycles. The second-order valence-corrected chi connectivity index (χ2v) is 5.09. The van der Waals surface area contributed by atoms with Gasteiger partial charge in [0.1, 0.15) is 11.6 Å². The molecule has 2 aromatic rings. The number of rotatable bonds is 3. The summed E-state index contributed by atoms with van der Waals surface area (Å²) in [5.41, 5.74) is 0.831. The van der Waals surface area contributed by atoms with Crippen LogP contribution >= 0.6 is 23.8 Å². The van der Waals surface area contributed by atoms with Gasteiger partial charge in [0.05, 0.1) is 10.7 Å². The standard InChI is InChI=1S/C14H9ClF4N2OS/c15-11-7-8(16)1-6-12(11)21-13(23)20-9-2-4-10(5-3-9)22-14(17,18)19/h1-7H,(H2,20,21,23). The lowest BCUT2D eigenvalue weighted by Gasteiger charge is -2.13. The minimum atomic E-state index is -4.74. The van der Waals surface area contributed by atoms with Gasteiger partial charge in [-0.15, -0.1) is 13.2 Å². The van der Waals surface area contributed by atoms with Crippen LogP contribution in [0.3, 0.4) is 0 Å². The minimum Gasteiger partial charge on any atom is -0.406 e. The zero-order valence-electron chi connectivity index (χ0n) is 11.2. The summed E-state index contributed by atoms with van der Waals surface area (Å²) in [4.78, 5) is 0. The van der Waals surface area contributed by atoms with Crippen molar-refractivity contribution in [2.45, 2.75) is 6.36 Å². The van der Waals surface area contributed by atoms with Crippen LogP contribution < -0.4 is 15.4 Å². The predicted octanol–water partition coefficient (Wildman–Crippen LogP) is 5.19. The highest BCUT2D eigenvalue weighted by molar-refractivity contribution is 7.80. The van der Waals surface area contributed by atoms with Gasteiger partial charge < -0.3 is 15.4 Å². The van der Waals surface area contributed by atoms with Crippen molar-refractivity contribution in [3.05, 3.63) is 53.3 Å². The molecule has 0 radical (unpaired) electrons. The van der Waals surface area contributed by atoms with E-state index in [-0.39, 0.29) is 15.9 Å². The molecule has 0 atom stereocenters. The quantitative estimate of drug-likeness (QED) is 0.580. The summed E-state index contributed by atoms with van der Waals surface area (Å²) in [5, 5.41) is 5.79. The van der Waals surface area contributed by atoms with Gasteiger partial charge in [-0.3, -0.25) is 0 Å². The molecule has 0 bridgehead atoms. The maximum absolute atomic E-state index is 12.9. The van der Waals surface area contributed by atoms with E-state index in [1.54, 1.807) is 0 Å². The van der Waals surface area contributed by atoms with Gasteiger partial charge in [-0.25, -0.2) is 4.39 Å². The number of benzene rings is 2. The Morgan fingerprint density at radius 1 is 1.04 bits per heavy atom. The molecule has 0 aliphatic carbocycles. The summed E-state index contributed by atoms with van der Waals surface area (Å²) in [6.07, 6.45) is -4.74. The second-order valence-electron chi connectivity index (χ2n) is 4.28. The first-order chi connectivity index (χ1) is 10.7. The van der Waals surface area contributed by atoms with Gasteiger partial charge in [0, 0.05) is 5.69 Å². The zero-order chi connectivity index (χ0) is 17.0. The summed E-state index contributed by atoms with van der Waals surface area (Å²) in [7, 11) is 0. The lowest BCUT2D eigenvalue weighted by Crippen LogP contribution is -2.19. The van der Waals surface area contributed by atoms with Crippen molar-refractivity contribution in [3.63, 3.8) is 0 Å². The Balaban J connectivity index is 1.97. The molecule has 0 unspecified atom stereocenters. The fraction of sp³-hybridized carbons (Fsp3) is 0.0714. The fourth-order valence-electron chi connectivity index (χ4n) is 1.62. The van der Waals surface area contributed by atoms with E-state index in [1.807, 2.05) is 0 Å². The molecule has 23 heavy (non-hydrogen) atoms. The molecular formula is C14H9ClF4N2OS. The van der Waals surface area contributed by atoms with Crippen molar-refractivity contribution in [3.8, 4) is 5.75 Å². The summed E-state index contributed by atoms with van der Waals surface area (Å²) >= 11 is 10.9. The van der Waals surface area contributed by atoms with Crippen molar-refractivity contribution >= 4 is 40.3 Å². The summed E-state index contributed by atoms with van der Waals surface area (Å²) in [6.45, 7) is 0. The Labute approximate surface area is 139 Å². The molecule has 0 spiro atoms. The molecule has 2 rings (SSSR count). The number of anilines is 2. The molecule has 0 saturated heterocycles.